The number of ketones is 1. The molecular weight excluding hydrogens is 224 g/mol. The van der Waals surface area contributed by atoms with Crippen LogP contribution in [-0.2, 0) is 6.42 Å². The zero-order valence-electron chi connectivity index (χ0n) is 10.1. The largest absolute Gasteiger partial charge is 0.492 e. The summed E-state index contributed by atoms with van der Waals surface area (Å²) in [6.07, 6.45) is 1.34. The molecule has 0 fully saturated rings. The minimum atomic E-state index is 0.186. The van der Waals surface area contributed by atoms with Gasteiger partial charge in [-0.15, -0.1) is 0 Å². The average Bonchev–Trinajstić information content (AvgIpc) is 2.41. The van der Waals surface area contributed by atoms with Crippen molar-refractivity contribution in [1.82, 2.24) is 0 Å². The van der Waals surface area contributed by atoms with Gasteiger partial charge < -0.3 is 4.74 Å². The van der Waals surface area contributed by atoms with Gasteiger partial charge in [-0.05, 0) is 29.7 Å². The normalized spacial score (nSPS) is 13.9. The molecule has 0 aromatic heterocycles. The zero-order valence-corrected chi connectivity index (χ0v) is 10.1. The Morgan fingerprint density at radius 2 is 1.83 bits per heavy atom. The van der Waals surface area contributed by atoms with Crippen LogP contribution in [0, 0.1) is 0 Å². The highest BCUT2D eigenvalue weighted by Gasteiger charge is 2.18. The predicted octanol–water partition coefficient (Wildman–Crippen LogP) is 3.24. The van der Waals surface area contributed by atoms with Crippen LogP contribution >= 0.6 is 0 Å². The lowest BCUT2D eigenvalue weighted by Crippen LogP contribution is -2.15. The molecule has 0 bridgehead atoms. The lowest BCUT2D eigenvalue weighted by Gasteiger charge is -2.17. The summed E-state index contributed by atoms with van der Waals surface area (Å²) in [4.78, 5) is 11.8. The molecule has 0 radical (unpaired) electrons. The molecular formula is C16H14O2. The SMILES string of the molecule is O=C1CCOc2ccc(Cc3ccccc3)cc21. The summed E-state index contributed by atoms with van der Waals surface area (Å²) in [5, 5.41) is 0. The monoisotopic (exact) mass is 238 g/mol. The molecule has 2 nitrogen and oxygen atoms in total. The van der Waals surface area contributed by atoms with Crippen LogP contribution in [0.5, 0.6) is 5.75 Å². The van der Waals surface area contributed by atoms with Gasteiger partial charge in [0.15, 0.2) is 5.78 Å². The van der Waals surface area contributed by atoms with Crippen molar-refractivity contribution in [3.8, 4) is 5.75 Å². The predicted molar refractivity (Wildman–Crippen MR) is 70.1 cm³/mol. The second kappa shape index (κ2) is 4.65. The van der Waals surface area contributed by atoms with Crippen LogP contribution in [0.3, 0.4) is 0 Å². The van der Waals surface area contributed by atoms with E-state index in [0.29, 0.717) is 13.0 Å². The number of Topliss-reactive ketones (excluding diaryl/α,β-unsaturated/α-hetero) is 1. The average molecular weight is 238 g/mol. The number of carbonyl (C=O) groups excluding carboxylic acids is 1. The van der Waals surface area contributed by atoms with E-state index in [4.69, 9.17) is 4.74 Å². The Kier molecular flexibility index (Phi) is 2.85. The van der Waals surface area contributed by atoms with Crippen LogP contribution in [0.25, 0.3) is 0 Å². The second-order valence-corrected chi connectivity index (χ2v) is 4.51. The van der Waals surface area contributed by atoms with Crippen LogP contribution < -0.4 is 4.74 Å². The summed E-state index contributed by atoms with van der Waals surface area (Å²) >= 11 is 0. The minimum Gasteiger partial charge on any atom is -0.492 e. The second-order valence-electron chi connectivity index (χ2n) is 4.51. The van der Waals surface area contributed by atoms with Crippen LogP contribution in [0.4, 0.5) is 0 Å². The molecule has 1 aliphatic rings. The fourth-order valence-electron chi connectivity index (χ4n) is 2.25. The standard InChI is InChI=1S/C16H14O2/c17-15-8-9-18-16-7-6-13(11-14(15)16)10-12-4-2-1-3-5-12/h1-7,11H,8-10H2. The molecule has 3 rings (SSSR count). The molecule has 1 heterocycles. The Bertz CT molecular complexity index is 573. The number of hydrogen-bond acceptors (Lipinski definition) is 2. The first-order chi connectivity index (χ1) is 8.83. The van der Waals surface area contributed by atoms with E-state index in [1.807, 2.05) is 36.4 Å². The molecule has 2 heteroatoms. The van der Waals surface area contributed by atoms with Gasteiger partial charge in [-0.1, -0.05) is 36.4 Å². The molecule has 0 N–H and O–H groups in total. The molecule has 0 spiro atoms. The Morgan fingerprint density at radius 1 is 1.00 bits per heavy atom. The molecule has 1 aliphatic heterocycles. The van der Waals surface area contributed by atoms with Gasteiger partial charge >= 0.3 is 0 Å². The number of hydrogen-bond donors (Lipinski definition) is 0. The Labute approximate surface area is 106 Å². The van der Waals surface area contributed by atoms with Crippen molar-refractivity contribution in [2.45, 2.75) is 12.8 Å². The molecule has 0 saturated carbocycles. The van der Waals surface area contributed by atoms with E-state index in [9.17, 15) is 4.79 Å². The van der Waals surface area contributed by atoms with E-state index in [0.717, 1.165) is 23.3 Å². The highest BCUT2D eigenvalue weighted by atomic mass is 16.5. The summed E-state index contributed by atoms with van der Waals surface area (Å²) in [6.45, 7) is 0.504. The van der Waals surface area contributed by atoms with Gasteiger partial charge in [0.1, 0.15) is 5.75 Å². The van der Waals surface area contributed by atoms with Crippen LogP contribution in [0.1, 0.15) is 27.9 Å². The smallest absolute Gasteiger partial charge is 0.170 e. The first-order valence-corrected chi connectivity index (χ1v) is 6.16. The van der Waals surface area contributed by atoms with Crippen molar-refractivity contribution in [2.75, 3.05) is 6.61 Å². The number of carbonyl (C=O) groups is 1. The van der Waals surface area contributed by atoms with Gasteiger partial charge in [0, 0.05) is 6.42 Å². The molecule has 2 aromatic rings. The number of fused-ring (bicyclic) bond motifs is 1. The molecule has 18 heavy (non-hydrogen) atoms. The maximum atomic E-state index is 11.8. The molecule has 0 saturated heterocycles. The van der Waals surface area contributed by atoms with E-state index in [2.05, 4.69) is 12.1 Å². The van der Waals surface area contributed by atoms with Gasteiger partial charge in [-0.25, -0.2) is 0 Å². The topological polar surface area (TPSA) is 26.3 Å². The zero-order chi connectivity index (χ0) is 12.4. The Morgan fingerprint density at radius 3 is 2.67 bits per heavy atom. The Balaban J connectivity index is 1.90. The van der Waals surface area contributed by atoms with Gasteiger partial charge in [0.25, 0.3) is 0 Å². The highest BCUT2D eigenvalue weighted by molar-refractivity contribution is 5.99. The third-order valence-electron chi connectivity index (χ3n) is 3.18. The summed E-state index contributed by atoms with van der Waals surface area (Å²) in [6, 6.07) is 16.2. The van der Waals surface area contributed by atoms with E-state index < -0.39 is 0 Å². The van der Waals surface area contributed by atoms with E-state index in [1.54, 1.807) is 0 Å². The summed E-state index contributed by atoms with van der Waals surface area (Å²) in [5.41, 5.74) is 3.13. The minimum absolute atomic E-state index is 0.186. The maximum Gasteiger partial charge on any atom is 0.170 e. The lowest BCUT2D eigenvalue weighted by molar-refractivity contribution is 0.0933. The Hall–Kier alpha value is -2.09. The first kappa shape index (κ1) is 11.0. The molecule has 0 unspecified atom stereocenters. The summed E-state index contributed by atoms with van der Waals surface area (Å²) in [7, 11) is 0. The summed E-state index contributed by atoms with van der Waals surface area (Å²) in [5.74, 6) is 0.911. The maximum absolute atomic E-state index is 11.8. The fraction of sp³-hybridized carbons (Fsp3) is 0.188. The van der Waals surface area contributed by atoms with Gasteiger partial charge in [-0.2, -0.15) is 0 Å². The van der Waals surface area contributed by atoms with Gasteiger partial charge in [0.05, 0.1) is 12.2 Å². The van der Waals surface area contributed by atoms with Crippen molar-refractivity contribution >= 4 is 5.78 Å². The van der Waals surface area contributed by atoms with E-state index in [-0.39, 0.29) is 5.78 Å². The van der Waals surface area contributed by atoms with Gasteiger partial charge in [-0.3, -0.25) is 4.79 Å². The first-order valence-electron chi connectivity index (χ1n) is 6.16. The molecule has 0 amide bonds. The van der Waals surface area contributed by atoms with Gasteiger partial charge in [0.2, 0.25) is 0 Å². The quantitative estimate of drug-likeness (QED) is 0.802. The van der Waals surface area contributed by atoms with Crippen LogP contribution in [0.2, 0.25) is 0 Å². The van der Waals surface area contributed by atoms with E-state index in [1.165, 1.54) is 5.56 Å². The number of benzene rings is 2. The van der Waals surface area contributed by atoms with Crippen LogP contribution in [0.15, 0.2) is 48.5 Å². The third kappa shape index (κ3) is 2.14. The highest BCUT2D eigenvalue weighted by Crippen LogP contribution is 2.26. The van der Waals surface area contributed by atoms with Crippen LogP contribution in [-0.4, -0.2) is 12.4 Å². The van der Waals surface area contributed by atoms with Crippen molar-refractivity contribution in [1.29, 1.82) is 0 Å². The lowest BCUT2D eigenvalue weighted by atomic mass is 9.98. The van der Waals surface area contributed by atoms with E-state index >= 15 is 0 Å². The third-order valence-corrected chi connectivity index (χ3v) is 3.18. The molecule has 0 aliphatic carbocycles. The molecule has 90 valence electrons. The number of rotatable bonds is 2. The van der Waals surface area contributed by atoms with Crippen molar-refractivity contribution < 1.29 is 9.53 Å². The number of ether oxygens (including phenoxy) is 1. The van der Waals surface area contributed by atoms with Crippen molar-refractivity contribution in [2.24, 2.45) is 0 Å². The summed E-state index contributed by atoms with van der Waals surface area (Å²) < 4.78 is 5.48. The van der Waals surface area contributed by atoms with Crippen molar-refractivity contribution in [3.05, 3.63) is 65.2 Å². The molecule has 2 aromatic carbocycles. The fourth-order valence-corrected chi connectivity index (χ4v) is 2.25. The molecule has 0 atom stereocenters. The van der Waals surface area contributed by atoms with Crippen molar-refractivity contribution in [3.63, 3.8) is 0 Å².